The fourth-order valence-electron chi connectivity index (χ4n) is 1.90. The maximum Gasteiger partial charge on any atom is 0.123 e. The minimum atomic E-state index is -0.211. The summed E-state index contributed by atoms with van der Waals surface area (Å²) >= 11 is 0. The molecule has 0 fully saturated rings. The molecular weight excluding hydrogens is 229 g/mol. The Morgan fingerprint density at radius 2 is 2.00 bits per heavy atom. The Hall–Kier alpha value is -1.84. The van der Waals surface area contributed by atoms with E-state index in [0.29, 0.717) is 5.92 Å². The zero-order valence-electron chi connectivity index (χ0n) is 10.7. The first kappa shape index (κ1) is 12.6. The largest absolute Gasteiger partial charge is 0.383 e. The van der Waals surface area contributed by atoms with Crippen molar-refractivity contribution in [3.8, 4) is 0 Å². The summed E-state index contributed by atoms with van der Waals surface area (Å²) < 4.78 is 14.9. The number of hydrogen-bond acceptors (Lipinski definition) is 2. The van der Waals surface area contributed by atoms with Gasteiger partial charge in [-0.15, -0.1) is 0 Å². The molecule has 0 atom stereocenters. The summed E-state index contributed by atoms with van der Waals surface area (Å²) in [6.07, 6.45) is 3.81. The van der Waals surface area contributed by atoms with Crippen LogP contribution in [0.2, 0.25) is 0 Å². The summed E-state index contributed by atoms with van der Waals surface area (Å²) in [5.74, 6) is 1.30. The van der Waals surface area contributed by atoms with Gasteiger partial charge >= 0.3 is 0 Å². The molecule has 96 valence electrons. The second-order valence-corrected chi connectivity index (χ2v) is 4.57. The van der Waals surface area contributed by atoms with Crippen LogP contribution in [0.4, 0.5) is 10.1 Å². The van der Waals surface area contributed by atoms with Crippen LogP contribution in [0, 0.1) is 5.82 Å². The fourth-order valence-corrected chi connectivity index (χ4v) is 1.90. The van der Waals surface area contributed by atoms with Crippen LogP contribution in [0.25, 0.3) is 0 Å². The van der Waals surface area contributed by atoms with Crippen LogP contribution in [0.1, 0.15) is 25.6 Å². The Balaban J connectivity index is 1.88. The standard InChI is InChI=1S/C14H18FN3/c1-11(2)14-17-8-10-18(14)9-7-16-13-5-3-12(15)4-6-13/h3-6,8,10-11,16H,7,9H2,1-2H3. The van der Waals surface area contributed by atoms with Crippen LogP contribution in [0.15, 0.2) is 36.7 Å². The van der Waals surface area contributed by atoms with Crippen LogP contribution < -0.4 is 5.32 Å². The van der Waals surface area contributed by atoms with Gasteiger partial charge in [-0.25, -0.2) is 9.37 Å². The molecule has 2 rings (SSSR count). The zero-order valence-corrected chi connectivity index (χ0v) is 10.7. The van der Waals surface area contributed by atoms with Crippen molar-refractivity contribution < 1.29 is 4.39 Å². The molecule has 1 aromatic heterocycles. The van der Waals surface area contributed by atoms with Crippen LogP contribution in [0.3, 0.4) is 0 Å². The lowest BCUT2D eigenvalue weighted by Crippen LogP contribution is -2.13. The van der Waals surface area contributed by atoms with E-state index in [1.165, 1.54) is 12.1 Å². The lowest BCUT2D eigenvalue weighted by atomic mass is 10.2. The number of benzene rings is 1. The SMILES string of the molecule is CC(C)c1nccn1CCNc1ccc(F)cc1. The first-order valence-corrected chi connectivity index (χ1v) is 6.17. The predicted molar refractivity (Wildman–Crippen MR) is 71.2 cm³/mol. The summed E-state index contributed by atoms with van der Waals surface area (Å²) in [5.41, 5.74) is 0.933. The van der Waals surface area contributed by atoms with Crippen LogP contribution in [-0.2, 0) is 6.54 Å². The second kappa shape index (κ2) is 5.67. The van der Waals surface area contributed by atoms with Gasteiger partial charge in [0.2, 0.25) is 0 Å². The van der Waals surface area contributed by atoms with Gasteiger partial charge in [-0.3, -0.25) is 0 Å². The molecule has 0 aliphatic carbocycles. The van der Waals surface area contributed by atoms with E-state index >= 15 is 0 Å². The predicted octanol–water partition coefficient (Wildman–Crippen LogP) is 3.26. The van der Waals surface area contributed by atoms with E-state index in [0.717, 1.165) is 24.6 Å². The van der Waals surface area contributed by atoms with Gasteiger partial charge in [0.1, 0.15) is 11.6 Å². The van der Waals surface area contributed by atoms with Crippen LogP contribution in [0.5, 0.6) is 0 Å². The monoisotopic (exact) mass is 247 g/mol. The van der Waals surface area contributed by atoms with Crippen molar-refractivity contribution in [2.45, 2.75) is 26.3 Å². The number of anilines is 1. The van der Waals surface area contributed by atoms with E-state index in [2.05, 4.69) is 28.7 Å². The quantitative estimate of drug-likeness (QED) is 0.879. The Morgan fingerprint density at radius 3 is 2.67 bits per heavy atom. The lowest BCUT2D eigenvalue weighted by molar-refractivity contribution is 0.627. The molecule has 4 heteroatoms. The van der Waals surface area contributed by atoms with Gasteiger partial charge in [-0.2, -0.15) is 0 Å². The highest BCUT2D eigenvalue weighted by Gasteiger charge is 2.06. The number of hydrogen-bond donors (Lipinski definition) is 1. The molecular formula is C14H18FN3. The second-order valence-electron chi connectivity index (χ2n) is 4.57. The van der Waals surface area contributed by atoms with E-state index in [-0.39, 0.29) is 5.82 Å². The Kier molecular flexibility index (Phi) is 3.97. The van der Waals surface area contributed by atoms with Crippen molar-refractivity contribution >= 4 is 5.69 Å². The van der Waals surface area contributed by atoms with Gasteiger partial charge in [-0.05, 0) is 24.3 Å². The molecule has 0 unspecified atom stereocenters. The summed E-state index contributed by atoms with van der Waals surface area (Å²) in [7, 11) is 0. The Labute approximate surface area is 107 Å². The molecule has 1 N–H and O–H groups in total. The summed E-state index contributed by atoms with van der Waals surface area (Å²) in [4.78, 5) is 4.34. The minimum Gasteiger partial charge on any atom is -0.383 e. The molecule has 2 aromatic rings. The number of halogens is 1. The Bertz CT molecular complexity index is 488. The van der Waals surface area contributed by atoms with Crippen molar-refractivity contribution in [1.29, 1.82) is 0 Å². The molecule has 0 spiro atoms. The molecule has 0 saturated heterocycles. The molecule has 0 amide bonds. The average Bonchev–Trinajstić information content (AvgIpc) is 2.80. The molecule has 0 radical (unpaired) electrons. The van der Waals surface area contributed by atoms with Crippen molar-refractivity contribution in [1.82, 2.24) is 9.55 Å². The van der Waals surface area contributed by atoms with Gasteiger partial charge in [0.05, 0.1) is 0 Å². The molecule has 1 aromatic carbocycles. The fraction of sp³-hybridized carbons (Fsp3) is 0.357. The highest BCUT2D eigenvalue weighted by atomic mass is 19.1. The van der Waals surface area contributed by atoms with Gasteiger partial charge in [0.15, 0.2) is 0 Å². The van der Waals surface area contributed by atoms with Crippen molar-refractivity contribution in [2.75, 3.05) is 11.9 Å². The maximum atomic E-state index is 12.7. The molecule has 1 heterocycles. The number of aromatic nitrogens is 2. The number of imidazole rings is 1. The van der Waals surface area contributed by atoms with Crippen molar-refractivity contribution in [2.24, 2.45) is 0 Å². The van der Waals surface area contributed by atoms with E-state index in [1.807, 2.05) is 12.4 Å². The van der Waals surface area contributed by atoms with E-state index in [9.17, 15) is 4.39 Å². The minimum absolute atomic E-state index is 0.211. The van der Waals surface area contributed by atoms with Gasteiger partial charge in [-0.1, -0.05) is 13.8 Å². The Morgan fingerprint density at radius 1 is 1.28 bits per heavy atom. The van der Waals surface area contributed by atoms with Crippen LogP contribution in [-0.4, -0.2) is 16.1 Å². The molecule has 0 saturated carbocycles. The van der Waals surface area contributed by atoms with E-state index < -0.39 is 0 Å². The highest BCUT2D eigenvalue weighted by molar-refractivity contribution is 5.42. The molecule has 3 nitrogen and oxygen atoms in total. The third-order valence-corrected chi connectivity index (χ3v) is 2.79. The summed E-state index contributed by atoms with van der Waals surface area (Å²) in [5, 5.41) is 3.26. The summed E-state index contributed by atoms with van der Waals surface area (Å²) in [6, 6.07) is 6.40. The summed E-state index contributed by atoms with van der Waals surface area (Å²) in [6.45, 7) is 5.91. The molecule has 0 aliphatic heterocycles. The third-order valence-electron chi connectivity index (χ3n) is 2.79. The lowest BCUT2D eigenvalue weighted by Gasteiger charge is -2.11. The smallest absolute Gasteiger partial charge is 0.123 e. The van der Waals surface area contributed by atoms with Crippen LogP contribution >= 0.6 is 0 Å². The number of nitrogens with zero attached hydrogens (tertiary/aromatic N) is 2. The third kappa shape index (κ3) is 3.09. The highest BCUT2D eigenvalue weighted by Crippen LogP contribution is 2.12. The number of nitrogens with one attached hydrogen (secondary N) is 1. The normalized spacial score (nSPS) is 10.9. The topological polar surface area (TPSA) is 29.9 Å². The average molecular weight is 247 g/mol. The molecule has 0 aliphatic rings. The maximum absolute atomic E-state index is 12.7. The zero-order chi connectivity index (χ0) is 13.0. The first-order chi connectivity index (χ1) is 8.66. The molecule has 18 heavy (non-hydrogen) atoms. The molecule has 0 bridgehead atoms. The van der Waals surface area contributed by atoms with Gasteiger partial charge in [0.25, 0.3) is 0 Å². The number of rotatable bonds is 5. The van der Waals surface area contributed by atoms with E-state index in [1.54, 1.807) is 12.1 Å². The van der Waals surface area contributed by atoms with Gasteiger partial charge < -0.3 is 9.88 Å². The van der Waals surface area contributed by atoms with Crippen molar-refractivity contribution in [3.63, 3.8) is 0 Å². The van der Waals surface area contributed by atoms with Gasteiger partial charge in [0, 0.05) is 37.1 Å². The van der Waals surface area contributed by atoms with Crippen molar-refractivity contribution in [3.05, 3.63) is 48.3 Å². The first-order valence-electron chi connectivity index (χ1n) is 6.17. The van der Waals surface area contributed by atoms with E-state index in [4.69, 9.17) is 0 Å².